The number of hydrogen-bond acceptors (Lipinski definition) is 4. The van der Waals surface area contributed by atoms with Gasteiger partial charge in [-0.25, -0.2) is 0 Å². The Morgan fingerprint density at radius 2 is 2.17 bits per heavy atom. The number of carbonyl (C=O) groups excluding carboxylic acids is 1. The number of fused-ring (bicyclic) bond motifs is 1. The molecule has 1 aliphatic heterocycles. The zero-order valence-corrected chi connectivity index (χ0v) is 14.7. The Hall–Kier alpha value is -2.24. The molecular formula is C18H25N5O. The molecule has 3 heterocycles. The van der Waals surface area contributed by atoms with Crippen LogP contribution in [0.25, 0.3) is 0 Å². The van der Waals surface area contributed by atoms with Crippen molar-refractivity contribution in [2.24, 2.45) is 0 Å². The molecule has 3 rings (SSSR count). The highest BCUT2D eigenvalue weighted by molar-refractivity contribution is 5.90. The maximum absolute atomic E-state index is 12.9. The van der Waals surface area contributed by atoms with E-state index in [9.17, 15) is 4.79 Å². The van der Waals surface area contributed by atoms with Gasteiger partial charge in [0.1, 0.15) is 5.82 Å². The van der Waals surface area contributed by atoms with Gasteiger partial charge in [0.25, 0.3) is 5.91 Å². The van der Waals surface area contributed by atoms with Crippen LogP contribution in [0.5, 0.6) is 0 Å². The number of pyridine rings is 1. The first kappa shape index (κ1) is 16.6. The molecular weight excluding hydrogens is 302 g/mol. The van der Waals surface area contributed by atoms with E-state index in [0.29, 0.717) is 5.82 Å². The number of aryl methyl sites for hydroxylation is 2. The van der Waals surface area contributed by atoms with Crippen LogP contribution >= 0.6 is 0 Å². The summed E-state index contributed by atoms with van der Waals surface area (Å²) in [7, 11) is 1.83. The molecule has 1 amide bonds. The van der Waals surface area contributed by atoms with Gasteiger partial charge >= 0.3 is 0 Å². The summed E-state index contributed by atoms with van der Waals surface area (Å²) >= 11 is 0. The largest absolute Gasteiger partial charge is 0.336 e. The summed E-state index contributed by atoms with van der Waals surface area (Å²) in [6, 6.07) is 4.09. The van der Waals surface area contributed by atoms with Crippen LogP contribution in [-0.2, 0) is 19.4 Å². The summed E-state index contributed by atoms with van der Waals surface area (Å²) in [5.74, 6) is 1.35. The monoisotopic (exact) mass is 327 g/mol. The molecule has 1 aliphatic rings. The molecule has 0 aliphatic carbocycles. The fourth-order valence-electron chi connectivity index (χ4n) is 3.15. The molecule has 0 unspecified atom stereocenters. The molecule has 0 bridgehead atoms. The average molecular weight is 327 g/mol. The molecule has 2 aromatic heterocycles. The van der Waals surface area contributed by atoms with Crippen LogP contribution in [0.1, 0.15) is 53.9 Å². The number of aromatic nitrogens is 4. The molecule has 24 heavy (non-hydrogen) atoms. The van der Waals surface area contributed by atoms with Crippen molar-refractivity contribution >= 4 is 5.91 Å². The Morgan fingerprint density at radius 3 is 2.96 bits per heavy atom. The van der Waals surface area contributed by atoms with Gasteiger partial charge in [0.15, 0.2) is 0 Å². The zero-order chi connectivity index (χ0) is 17.1. The molecule has 1 atom stereocenters. The Bertz CT molecular complexity index is 724. The van der Waals surface area contributed by atoms with Gasteiger partial charge < -0.3 is 9.47 Å². The van der Waals surface area contributed by atoms with Gasteiger partial charge in [-0.05, 0) is 44.4 Å². The first-order valence-electron chi connectivity index (χ1n) is 8.67. The van der Waals surface area contributed by atoms with Crippen LogP contribution < -0.4 is 0 Å². The fraction of sp³-hybridized carbons (Fsp3) is 0.556. The van der Waals surface area contributed by atoms with E-state index >= 15 is 0 Å². The lowest BCUT2D eigenvalue weighted by atomic mass is 10.1. The SMILES string of the molecule is Cc1ccnc(C[C@H](C)N(C)C(=O)c2nnc3n2CCCCC3)c1. The van der Waals surface area contributed by atoms with Gasteiger partial charge in [-0.1, -0.05) is 6.42 Å². The molecule has 2 aromatic rings. The van der Waals surface area contributed by atoms with E-state index in [1.54, 1.807) is 4.90 Å². The molecule has 0 saturated heterocycles. The van der Waals surface area contributed by atoms with Crippen molar-refractivity contribution in [3.05, 3.63) is 41.2 Å². The molecule has 0 spiro atoms. The second-order valence-corrected chi connectivity index (χ2v) is 6.70. The van der Waals surface area contributed by atoms with Gasteiger partial charge in [0, 0.05) is 44.4 Å². The predicted octanol–water partition coefficient (Wildman–Crippen LogP) is 2.41. The van der Waals surface area contributed by atoms with Gasteiger partial charge in [-0.2, -0.15) is 0 Å². The lowest BCUT2D eigenvalue weighted by Crippen LogP contribution is -2.38. The van der Waals surface area contributed by atoms with E-state index in [1.807, 2.05) is 30.8 Å². The number of hydrogen-bond donors (Lipinski definition) is 0. The third kappa shape index (κ3) is 3.47. The van der Waals surface area contributed by atoms with Crippen molar-refractivity contribution in [2.75, 3.05) is 7.05 Å². The normalized spacial score (nSPS) is 15.5. The average Bonchev–Trinajstić information content (AvgIpc) is 2.82. The van der Waals surface area contributed by atoms with Crippen LogP contribution in [0.4, 0.5) is 0 Å². The van der Waals surface area contributed by atoms with Crippen molar-refractivity contribution in [3.8, 4) is 0 Å². The minimum atomic E-state index is -0.0594. The standard InChI is InChI=1S/C18H25N5O/c1-13-8-9-19-15(11-13)12-14(2)22(3)18(24)17-21-20-16-7-5-4-6-10-23(16)17/h8-9,11,14H,4-7,10,12H2,1-3H3/t14-/m0/s1. The van der Waals surface area contributed by atoms with E-state index in [1.165, 1.54) is 12.0 Å². The van der Waals surface area contributed by atoms with Crippen LogP contribution in [0.3, 0.4) is 0 Å². The summed E-state index contributed by atoms with van der Waals surface area (Å²) in [6.45, 7) is 4.93. The van der Waals surface area contributed by atoms with E-state index in [4.69, 9.17) is 0 Å². The summed E-state index contributed by atoms with van der Waals surface area (Å²) in [6.07, 6.45) is 6.84. The van der Waals surface area contributed by atoms with Gasteiger partial charge in [-0.15, -0.1) is 10.2 Å². The topological polar surface area (TPSA) is 63.9 Å². The van der Waals surface area contributed by atoms with Crippen LogP contribution in [0.15, 0.2) is 18.3 Å². The van der Waals surface area contributed by atoms with Crippen LogP contribution in [0.2, 0.25) is 0 Å². The van der Waals surface area contributed by atoms with E-state index < -0.39 is 0 Å². The summed E-state index contributed by atoms with van der Waals surface area (Å²) in [4.78, 5) is 19.0. The van der Waals surface area contributed by atoms with Crippen molar-refractivity contribution in [2.45, 2.75) is 58.5 Å². The smallest absolute Gasteiger partial charge is 0.291 e. The Labute approximate surface area is 142 Å². The Kier molecular flexibility index (Phi) is 4.92. The first-order chi connectivity index (χ1) is 11.6. The van der Waals surface area contributed by atoms with Crippen molar-refractivity contribution < 1.29 is 4.79 Å². The second-order valence-electron chi connectivity index (χ2n) is 6.70. The number of amides is 1. The number of nitrogens with zero attached hydrogens (tertiary/aromatic N) is 5. The molecule has 0 saturated carbocycles. The molecule has 6 nitrogen and oxygen atoms in total. The lowest BCUT2D eigenvalue weighted by Gasteiger charge is -2.24. The van der Waals surface area contributed by atoms with Crippen molar-refractivity contribution in [3.63, 3.8) is 0 Å². The first-order valence-corrected chi connectivity index (χ1v) is 8.67. The third-order valence-corrected chi connectivity index (χ3v) is 4.76. The second kappa shape index (κ2) is 7.11. The van der Waals surface area contributed by atoms with Gasteiger partial charge in [0.2, 0.25) is 5.82 Å². The Balaban J connectivity index is 1.73. The van der Waals surface area contributed by atoms with Crippen LogP contribution in [-0.4, -0.2) is 43.6 Å². The highest BCUT2D eigenvalue weighted by Gasteiger charge is 2.25. The van der Waals surface area contributed by atoms with E-state index in [0.717, 1.165) is 43.7 Å². The molecule has 0 aromatic carbocycles. The molecule has 0 radical (unpaired) electrons. The summed E-state index contributed by atoms with van der Waals surface area (Å²) in [5.41, 5.74) is 2.19. The van der Waals surface area contributed by atoms with Gasteiger partial charge in [-0.3, -0.25) is 9.78 Å². The number of likely N-dealkylation sites (N-methyl/N-ethyl adjacent to an activating group) is 1. The minimum Gasteiger partial charge on any atom is -0.336 e. The van der Waals surface area contributed by atoms with Gasteiger partial charge in [0.05, 0.1) is 0 Å². The van der Waals surface area contributed by atoms with Crippen LogP contribution in [0, 0.1) is 6.92 Å². The molecule has 128 valence electrons. The summed E-state index contributed by atoms with van der Waals surface area (Å²) < 4.78 is 2.00. The van der Waals surface area contributed by atoms with Crippen molar-refractivity contribution in [1.82, 2.24) is 24.6 Å². The van der Waals surface area contributed by atoms with Crippen molar-refractivity contribution in [1.29, 1.82) is 0 Å². The van der Waals surface area contributed by atoms with E-state index in [-0.39, 0.29) is 11.9 Å². The Morgan fingerprint density at radius 1 is 1.33 bits per heavy atom. The highest BCUT2D eigenvalue weighted by atomic mass is 16.2. The zero-order valence-electron chi connectivity index (χ0n) is 14.7. The fourth-order valence-corrected chi connectivity index (χ4v) is 3.15. The predicted molar refractivity (Wildman–Crippen MR) is 91.8 cm³/mol. The molecule has 0 N–H and O–H groups in total. The maximum Gasteiger partial charge on any atom is 0.291 e. The molecule has 0 fully saturated rings. The number of rotatable bonds is 4. The third-order valence-electron chi connectivity index (χ3n) is 4.76. The highest BCUT2D eigenvalue weighted by Crippen LogP contribution is 2.16. The maximum atomic E-state index is 12.9. The molecule has 6 heteroatoms. The minimum absolute atomic E-state index is 0.0468. The summed E-state index contributed by atoms with van der Waals surface area (Å²) in [5, 5.41) is 8.40. The quantitative estimate of drug-likeness (QED) is 0.865. The lowest BCUT2D eigenvalue weighted by molar-refractivity contribution is 0.0724. The number of carbonyl (C=O) groups is 1. The van der Waals surface area contributed by atoms with E-state index in [2.05, 4.69) is 28.2 Å².